The third kappa shape index (κ3) is 6.21. The zero-order valence-corrected chi connectivity index (χ0v) is 15.9. The molecule has 0 radical (unpaired) electrons. The summed E-state index contributed by atoms with van der Waals surface area (Å²) in [4.78, 5) is 12.9. The molecule has 0 spiro atoms. The first-order valence-electron chi connectivity index (χ1n) is 8.65. The summed E-state index contributed by atoms with van der Waals surface area (Å²) >= 11 is 0. The van der Waals surface area contributed by atoms with Crippen LogP contribution in [0.25, 0.3) is 0 Å². The van der Waals surface area contributed by atoms with E-state index in [1.165, 1.54) is 6.07 Å². The van der Waals surface area contributed by atoms with Crippen molar-refractivity contribution >= 4 is 11.6 Å². The lowest BCUT2D eigenvalue weighted by molar-refractivity contribution is -0.948. The Labute approximate surface area is 179 Å². The van der Waals surface area contributed by atoms with E-state index >= 15 is 0 Å². The molecule has 2 aromatic carbocycles. The molecule has 3 rings (SSSR count). The van der Waals surface area contributed by atoms with Crippen LogP contribution in [0.2, 0.25) is 0 Å². The number of carbonyl (C=O) groups excluding carboxylic acids is 1. The number of hydrogen-bond donors (Lipinski definition) is 2. The van der Waals surface area contributed by atoms with Crippen molar-refractivity contribution in [2.75, 3.05) is 5.32 Å². The molecule has 1 aromatic heterocycles. The van der Waals surface area contributed by atoms with Crippen molar-refractivity contribution in [2.24, 2.45) is 0 Å². The number of halogens is 7. The largest absolute Gasteiger partial charge is 0.573 e. The predicted molar refractivity (Wildman–Crippen MR) is 94.2 cm³/mol. The molecule has 0 bridgehead atoms. The Morgan fingerprint density at radius 2 is 1.64 bits per heavy atom. The third-order valence-corrected chi connectivity index (χ3v) is 3.85. The van der Waals surface area contributed by atoms with Gasteiger partial charge >= 0.3 is 12.5 Å². The molecule has 0 saturated heterocycles. The maximum atomic E-state index is 14.6. The minimum Gasteiger partial charge on any atom is -0.456 e. The van der Waals surface area contributed by atoms with Crippen LogP contribution in [0.4, 0.5) is 36.4 Å². The highest BCUT2D eigenvalue weighted by molar-refractivity contribution is 6.06. The SMILES string of the molecule is O=C(Nc1ccn[n+](O)c1)c1c(F)cc(C(F)(F)F)cc1Oc1ccc(OC(F)(F)F)cc1. The molecule has 0 atom stereocenters. The van der Waals surface area contributed by atoms with Crippen molar-refractivity contribution < 1.29 is 55.1 Å². The van der Waals surface area contributed by atoms with Crippen molar-refractivity contribution in [3.8, 4) is 17.2 Å². The Balaban J connectivity index is 1.97. The van der Waals surface area contributed by atoms with Gasteiger partial charge < -0.3 is 14.8 Å². The molecule has 33 heavy (non-hydrogen) atoms. The molecule has 3 aromatic rings. The fourth-order valence-corrected chi connectivity index (χ4v) is 2.53. The summed E-state index contributed by atoms with van der Waals surface area (Å²) in [5, 5.41) is 14.8. The molecule has 1 amide bonds. The van der Waals surface area contributed by atoms with E-state index in [9.17, 15) is 40.7 Å². The topological polar surface area (TPSA) is 84.6 Å². The lowest BCUT2D eigenvalue weighted by Gasteiger charge is -2.16. The van der Waals surface area contributed by atoms with Crippen LogP contribution in [0.15, 0.2) is 54.9 Å². The summed E-state index contributed by atoms with van der Waals surface area (Å²) in [5.41, 5.74) is -2.49. The maximum Gasteiger partial charge on any atom is 0.573 e. The van der Waals surface area contributed by atoms with Gasteiger partial charge in [0.15, 0.2) is 0 Å². The molecule has 14 heteroatoms. The highest BCUT2D eigenvalue weighted by atomic mass is 19.4. The Bertz CT molecular complexity index is 1170. The monoisotopic (exact) mass is 478 g/mol. The first-order chi connectivity index (χ1) is 15.3. The highest BCUT2D eigenvalue weighted by Gasteiger charge is 2.34. The zero-order valence-electron chi connectivity index (χ0n) is 15.9. The van der Waals surface area contributed by atoms with Gasteiger partial charge in [0.1, 0.15) is 45.4 Å². The van der Waals surface area contributed by atoms with E-state index in [1.807, 2.05) is 0 Å². The molecule has 2 N–H and O–H groups in total. The summed E-state index contributed by atoms with van der Waals surface area (Å²) in [5.74, 6) is -4.64. The third-order valence-electron chi connectivity index (χ3n) is 3.85. The number of amides is 1. The van der Waals surface area contributed by atoms with E-state index in [0.717, 1.165) is 36.7 Å². The number of aromatic nitrogens is 2. The highest BCUT2D eigenvalue weighted by Crippen LogP contribution is 2.37. The van der Waals surface area contributed by atoms with Gasteiger partial charge in [-0.25, -0.2) is 4.39 Å². The number of ether oxygens (including phenoxy) is 2. The van der Waals surface area contributed by atoms with E-state index < -0.39 is 46.9 Å². The Hall–Kier alpha value is -4.10. The molecule has 0 aliphatic heterocycles. The van der Waals surface area contributed by atoms with Gasteiger partial charge in [0, 0.05) is 5.10 Å². The first-order valence-corrected chi connectivity index (χ1v) is 8.65. The van der Waals surface area contributed by atoms with Gasteiger partial charge in [-0.05, 0) is 42.5 Å². The molecular formula is C19H11F7N3O4+. The molecule has 0 saturated carbocycles. The zero-order chi connectivity index (χ0) is 24.4. The number of nitrogens with one attached hydrogen (secondary N) is 1. The minimum absolute atomic E-state index is 0.0841. The Kier molecular flexibility index (Phi) is 6.28. The summed E-state index contributed by atoms with van der Waals surface area (Å²) in [6, 6.07) is 5.09. The molecule has 0 unspecified atom stereocenters. The van der Waals surface area contributed by atoms with Crippen LogP contribution >= 0.6 is 0 Å². The van der Waals surface area contributed by atoms with Crippen molar-refractivity contribution in [1.29, 1.82) is 0 Å². The molecule has 0 aliphatic carbocycles. The standard InChI is InChI=1S/C19H10F7N3O4/c20-14-7-10(18(21,22)23)8-15(16(14)17(30)28-11-5-6-27-29(31)9-11)32-12-1-3-13(4-2-12)33-19(24,25)26/h1-9H,(H-,27,28,30,31)/p+1. The number of carbonyl (C=O) groups is 1. The van der Waals surface area contributed by atoms with Gasteiger partial charge in [-0.3, -0.25) is 10.0 Å². The molecule has 1 heterocycles. The molecule has 0 aliphatic rings. The van der Waals surface area contributed by atoms with Crippen LogP contribution < -0.4 is 19.6 Å². The normalized spacial score (nSPS) is 11.7. The first kappa shape index (κ1) is 23.6. The quantitative estimate of drug-likeness (QED) is 0.315. The van der Waals surface area contributed by atoms with Crippen molar-refractivity contribution in [3.63, 3.8) is 0 Å². The van der Waals surface area contributed by atoms with E-state index in [-0.39, 0.29) is 17.5 Å². The second kappa shape index (κ2) is 8.80. The molecular weight excluding hydrogens is 467 g/mol. The summed E-state index contributed by atoms with van der Waals surface area (Å²) in [6.45, 7) is 0. The van der Waals surface area contributed by atoms with Crippen LogP contribution in [0.3, 0.4) is 0 Å². The van der Waals surface area contributed by atoms with Crippen LogP contribution in [0.1, 0.15) is 15.9 Å². The van der Waals surface area contributed by atoms with Gasteiger partial charge in [-0.15, -0.1) is 13.2 Å². The summed E-state index contributed by atoms with van der Waals surface area (Å²) in [7, 11) is 0. The fourth-order valence-electron chi connectivity index (χ4n) is 2.53. The number of anilines is 1. The molecule has 0 fully saturated rings. The van der Waals surface area contributed by atoms with Gasteiger partial charge in [-0.2, -0.15) is 13.2 Å². The number of benzene rings is 2. The number of hydrogen-bond acceptors (Lipinski definition) is 5. The fraction of sp³-hybridized carbons (Fsp3) is 0.105. The van der Waals surface area contributed by atoms with Crippen molar-refractivity contribution in [1.82, 2.24) is 5.10 Å². The lowest BCUT2D eigenvalue weighted by atomic mass is 10.1. The molecule has 7 nitrogen and oxygen atoms in total. The summed E-state index contributed by atoms with van der Waals surface area (Å²) < 4.78 is 99.7. The number of nitrogens with zero attached hydrogens (tertiary/aromatic N) is 2. The van der Waals surface area contributed by atoms with Gasteiger partial charge in [-0.1, -0.05) is 0 Å². The van der Waals surface area contributed by atoms with Crippen LogP contribution in [-0.2, 0) is 6.18 Å². The second-order valence-corrected chi connectivity index (χ2v) is 6.24. The van der Waals surface area contributed by atoms with Gasteiger partial charge in [0.2, 0.25) is 0 Å². The van der Waals surface area contributed by atoms with Crippen molar-refractivity contribution in [3.05, 3.63) is 71.8 Å². The molecule has 174 valence electrons. The van der Waals surface area contributed by atoms with Crippen LogP contribution in [0, 0.1) is 5.82 Å². The average molecular weight is 478 g/mol. The number of alkyl halides is 6. The van der Waals surface area contributed by atoms with Crippen LogP contribution in [0.5, 0.6) is 17.2 Å². The van der Waals surface area contributed by atoms with E-state index in [2.05, 4.69) is 15.2 Å². The Morgan fingerprint density at radius 1 is 1.00 bits per heavy atom. The van der Waals surface area contributed by atoms with Crippen LogP contribution in [-0.4, -0.2) is 22.6 Å². The van der Waals surface area contributed by atoms with Gasteiger partial charge in [0.25, 0.3) is 12.1 Å². The van der Waals surface area contributed by atoms with E-state index in [4.69, 9.17) is 4.74 Å². The number of rotatable bonds is 5. The Morgan fingerprint density at radius 3 is 2.21 bits per heavy atom. The predicted octanol–water partition coefficient (Wildman–Crippen LogP) is 4.71. The van der Waals surface area contributed by atoms with E-state index in [1.54, 1.807) is 0 Å². The van der Waals surface area contributed by atoms with E-state index in [0.29, 0.717) is 10.9 Å². The maximum absolute atomic E-state index is 14.6. The lowest BCUT2D eigenvalue weighted by Crippen LogP contribution is -2.34. The second-order valence-electron chi connectivity index (χ2n) is 6.24. The average Bonchev–Trinajstić information content (AvgIpc) is 2.67. The van der Waals surface area contributed by atoms with Gasteiger partial charge in [0.05, 0.1) is 5.56 Å². The minimum atomic E-state index is -4.99. The van der Waals surface area contributed by atoms with Crippen molar-refractivity contribution in [2.45, 2.75) is 12.5 Å². The smallest absolute Gasteiger partial charge is 0.456 e. The summed E-state index contributed by atoms with van der Waals surface area (Å²) in [6.07, 6.45) is -7.98.